The Morgan fingerprint density at radius 1 is 1.37 bits per heavy atom. The van der Waals surface area contributed by atoms with E-state index in [1.54, 1.807) is 22.7 Å². The van der Waals surface area contributed by atoms with E-state index in [1.165, 1.54) is 18.4 Å². The molecule has 0 radical (unpaired) electrons. The summed E-state index contributed by atoms with van der Waals surface area (Å²) < 4.78 is 0. The van der Waals surface area contributed by atoms with Gasteiger partial charge in [-0.25, -0.2) is 4.98 Å². The molecule has 4 rings (SSSR count). The molecule has 0 atom stereocenters. The van der Waals surface area contributed by atoms with Gasteiger partial charge in [0.15, 0.2) is 0 Å². The largest absolute Gasteiger partial charge is 0.387 e. The lowest BCUT2D eigenvalue weighted by atomic mass is 9.89. The van der Waals surface area contributed by atoms with E-state index in [2.05, 4.69) is 32.1 Å². The highest BCUT2D eigenvalue weighted by atomic mass is 32.1. The minimum atomic E-state index is -0.383. The van der Waals surface area contributed by atoms with Crippen LogP contribution in [0.25, 0.3) is 10.6 Å². The van der Waals surface area contributed by atoms with E-state index in [9.17, 15) is 5.11 Å². The van der Waals surface area contributed by atoms with E-state index < -0.39 is 0 Å². The summed E-state index contributed by atoms with van der Waals surface area (Å²) in [4.78, 5) is 6.98. The van der Waals surface area contributed by atoms with Gasteiger partial charge in [-0.1, -0.05) is 0 Å². The van der Waals surface area contributed by atoms with Crippen LogP contribution in [0.4, 0.5) is 0 Å². The second-order valence-electron chi connectivity index (χ2n) is 5.68. The zero-order valence-corrected chi connectivity index (χ0v) is 12.2. The maximum absolute atomic E-state index is 10.3. The third kappa shape index (κ3) is 2.25. The minimum absolute atomic E-state index is 0.383. The van der Waals surface area contributed by atoms with E-state index in [1.807, 2.05) is 0 Å². The van der Waals surface area contributed by atoms with Gasteiger partial charge in [0, 0.05) is 36.0 Å². The summed E-state index contributed by atoms with van der Waals surface area (Å²) in [5, 5.41) is 17.8. The Labute approximate surface area is 120 Å². The highest BCUT2D eigenvalue weighted by molar-refractivity contribution is 7.14. The highest BCUT2D eigenvalue weighted by Crippen LogP contribution is 2.44. The molecule has 0 spiro atoms. The topological polar surface area (TPSA) is 36.4 Å². The van der Waals surface area contributed by atoms with Crippen molar-refractivity contribution in [3.05, 3.63) is 27.9 Å². The average Bonchev–Trinajstić information content (AvgIpc) is 2.89. The molecular weight excluding hydrogens is 276 g/mol. The molecule has 0 unspecified atom stereocenters. The van der Waals surface area contributed by atoms with Crippen molar-refractivity contribution in [1.82, 2.24) is 9.88 Å². The van der Waals surface area contributed by atoms with Crippen LogP contribution in [0.3, 0.4) is 0 Å². The molecule has 0 aromatic carbocycles. The molecule has 1 saturated carbocycles. The highest BCUT2D eigenvalue weighted by Gasteiger charge is 2.51. The Morgan fingerprint density at radius 2 is 2.21 bits per heavy atom. The molecule has 1 aliphatic carbocycles. The van der Waals surface area contributed by atoms with Gasteiger partial charge in [0.05, 0.1) is 11.3 Å². The van der Waals surface area contributed by atoms with Gasteiger partial charge in [-0.3, -0.25) is 4.90 Å². The number of likely N-dealkylation sites (tertiary alicyclic amines) is 1. The fourth-order valence-electron chi connectivity index (χ4n) is 2.85. The van der Waals surface area contributed by atoms with Crippen LogP contribution in [-0.2, 0) is 6.54 Å². The Bertz CT molecular complexity index is 568. The molecule has 19 heavy (non-hydrogen) atoms. The Kier molecular flexibility index (Phi) is 2.77. The van der Waals surface area contributed by atoms with Gasteiger partial charge in [-0.2, -0.15) is 11.3 Å². The van der Waals surface area contributed by atoms with Crippen molar-refractivity contribution in [2.75, 3.05) is 13.1 Å². The maximum atomic E-state index is 10.3. The molecule has 100 valence electrons. The van der Waals surface area contributed by atoms with Crippen LogP contribution in [0, 0.1) is 5.92 Å². The summed E-state index contributed by atoms with van der Waals surface area (Å²) >= 11 is 3.42. The first-order valence-corrected chi connectivity index (χ1v) is 8.47. The van der Waals surface area contributed by atoms with Crippen molar-refractivity contribution in [1.29, 1.82) is 0 Å². The van der Waals surface area contributed by atoms with Gasteiger partial charge >= 0.3 is 0 Å². The molecule has 1 saturated heterocycles. The molecule has 2 aromatic rings. The zero-order chi connectivity index (χ0) is 12.9. The number of hydrogen-bond donors (Lipinski definition) is 1. The van der Waals surface area contributed by atoms with Crippen molar-refractivity contribution in [2.24, 2.45) is 5.92 Å². The third-order valence-electron chi connectivity index (χ3n) is 4.04. The first-order valence-electron chi connectivity index (χ1n) is 6.65. The Hall–Kier alpha value is -0.750. The molecule has 1 aliphatic heterocycles. The van der Waals surface area contributed by atoms with Crippen LogP contribution < -0.4 is 0 Å². The molecule has 1 N–H and O–H groups in total. The van der Waals surface area contributed by atoms with Crippen LogP contribution in [0.1, 0.15) is 18.5 Å². The molecule has 3 nitrogen and oxygen atoms in total. The summed E-state index contributed by atoms with van der Waals surface area (Å²) in [6, 6.07) is 2.11. The first kappa shape index (κ1) is 12.0. The molecule has 2 aliphatic rings. The van der Waals surface area contributed by atoms with Crippen LogP contribution in [0.2, 0.25) is 0 Å². The number of β-amino-alcohol motifs (C(OH)–C–C–N with tert-alkyl or cyclic N) is 1. The number of aliphatic hydroxyl groups is 1. The fraction of sp³-hybridized carbons (Fsp3) is 0.500. The molecular formula is C14H16N2OS2. The van der Waals surface area contributed by atoms with Crippen molar-refractivity contribution >= 4 is 22.7 Å². The van der Waals surface area contributed by atoms with E-state index in [4.69, 9.17) is 0 Å². The number of rotatable bonds is 4. The molecule has 2 aromatic heterocycles. The van der Waals surface area contributed by atoms with Gasteiger partial charge in [0.25, 0.3) is 0 Å². The number of nitrogens with zero attached hydrogens (tertiary/aromatic N) is 2. The van der Waals surface area contributed by atoms with Gasteiger partial charge < -0.3 is 5.11 Å². The predicted molar refractivity (Wildman–Crippen MR) is 78.4 cm³/mol. The van der Waals surface area contributed by atoms with Crippen molar-refractivity contribution in [3.8, 4) is 10.6 Å². The Morgan fingerprint density at radius 3 is 2.89 bits per heavy atom. The zero-order valence-electron chi connectivity index (χ0n) is 10.6. The summed E-state index contributed by atoms with van der Waals surface area (Å²) in [5.41, 5.74) is 1.97. The second kappa shape index (κ2) is 4.38. The molecule has 3 heterocycles. The normalized spacial score (nSPS) is 22.4. The van der Waals surface area contributed by atoms with E-state index in [0.29, 0.717) is 5.92 Å². The van der Waals surface area contributed by atoms with E-state index in [-0.39, 0.29) is 5.60 Å². The lowest BCUT2D eigenvalue weighted by Crippen LogP contribution is -2.62. The van der Waals surface area contributed by atoms with E-state index in [0.717, 1.165) is 30.3 Å². The number of hydrogen-bond acceptors (Lipinski definition) is 5. The van der Waals surface area contributed by atoms with Crippen molar-refractivity contribution in [2.45, 2.75) is 25.0 Å². The molecule has 0 bridgehead atoms. The minimum Gasteiger partial charge on any atom is -0.387 e. The van der Waals surface area contributed by atoms with Gasteiger partial charge in [0.1, 0.15) is 5.01 Å². The standard InChI is InChI=1S/C14H16N2OS2/c17-14(11-1-2-11)8-16(9-14)5-12-7-19-13(15-12)10-3-4-18-6-10/h3-4,6-7,11,17H,1-2,5,8-9H2. The average molecular weight is 292 g/mol. The smallest absolute Gasteiger partial charge is 0.124 e. The quantitative estimate of drug-likeness (QED) is 0.941. The monoisotopic (exact) mass is 292 g/mol. The fourth-order valence-corrected chi connectivity index (χ4v) is 4.37. The number of aromatic nitrogens is 1. The first-order chi connectivity index (χ1) is 9.23. The van der Waals surface area contributed by atoms with Crippen LogP contribution in [0.15, 0.2) is 22.2 Å². The van der Waals surface area contributed by atoms with Crippen LogP contribution in [0.5, 0.6) is 0 Å². The molecule has 0 amide bonds. The van der Waals surface area contributed by atoms with Crippen molar-refractivity contribution < 1.29 is 5.11 Å². The van der Waals surface area contributed by atoms with Gasteiger partial charge in [-0.15, -0.1) is 11.3 Å². The maximum Gasteiger partial charge on any atom is 0.124 e. The van der Waals surface area contributed by atoms with Crippen molar-refractivity contribution in [3.63, 3.8) is 0 Å². The molecule has 2 fully saturated rings. The summed E-state index contributed by atoms with van der Waals surface area (Å²) in [6.45, 7) is 2.52. The SMILES string of the molecule is OC1(C2CC2)CN(Cc2csc(-c3ccsc3)n2)C1. The lowest BCUT2D eigenvalue weighted by molar-refractivity contribution is -0.116. The van der Waals surface area contributed by atoms with E-state index >= 15 is 0 Å². The Balaban J connectivity index is 1.39. The van der Waals surface area contributed by atoms with Crippen LogP contribution >= 0.6 is 22.7 Å². The summed E-state index contributed by atoms with van der Waals surface area (Å²) in [5.74, 6) is 0.570. The lowest BCUT2D eigenvalue weighted by Gasteiger charge is -2.46. The number of thiophene rings is 1. The third-order valence-corrected chi connectivity index (χ3v) is 5.66. The van der Waals surface area contributed by atoms with Crippen LogP contribution in [-0.4, -0.2) is 33.7 Å². The second-order valence-corrected chi connectivity index (χ2v) is 7.32. The number of thiazole rings is 1. The molecule has 5 heteroatoms. The summed E-state index contributed by atoms with van der Waals surface area (Å²) in [7, 11) is 0. The van der Waals surface area contributed by atoms with Gasteiger partial charge in [0.2, 0.25) is 0 Å². The summed E-state index contributed by atoms with van der Waals surface area (Å²) in [6.07, 6.45) is 2.42. The van der Waals surface area contributed by atoms with Gasteiger partial charge in [-0.05, 0) is 30.2 Å². The predicted octanol–water partition coefficient (Wildman–Crippen LogP) is 2.83.